The van der Waals surface area contributed by atoms with Crippen molar-refractivity contribution in [3.8, 4) is 0 Å². The highest BCUT2D eigenvalue weighted by Gasteiger charge is 2.40. The third-order valence-corrected chi connectivity index (χ3v) is 5.02. The van der Waals surface area contributed by atoms with Crippen LogP contribution in [0, 0.1) is 0 Å². The summed E-state index contributed by atoms with van der Waals surface area (Å²) in [7, 11) is 0. The number of rotatable bonds is 5. The van der Waals surface area contributed by atoms with Crippen LogP contribution < -0.4 is 0 Å². The molecule has 6 heteroatoms. The Morgan fingerprint density at radius 3 is 2.55 bits per heavy atom. The van der Waals surface area contributed by atoms with Crippen LogP contribution in [0.25, 0.3) is 0 Å². The summed E-state index contributed by atoms with van der Waals surface area (Å²) in [6.07, 6.45) is 6.71. The van der Waals surface area contributed by atoms with E-state index in [4.69, 9.17) is 0 Å². The summed E-state index contributed by atoms with van der Waals surface area (Å²) >= 11 is 0. The third kappa shape index (κ3) is 3.50. The van der Waals surface area contributed by atoms with Crippen LogP contribution in [0.15, 0.2) is 6.20 Å². The Hall–Kier alpha value is -0.980. The van der Waals surface area contributed by atoms with E-state index in [-0.39, 0.29) is 6.04 Å². The van der Waals surface area contributed by atoms with E-state index in [1.54, 1.807) is 0 Å². The topological polar surface area (TPSA) is 57.4 Å². The standard InChI is InChI=1S/C16H29N5O/c1-14(2)21-12-15(17-18-21)16(22)6-9-20(13-16)11-10-19-7-4-3-5-8-19/h12,14,22H,3-11,13H2,1-2H3. The van der Waals surface area contributed by atoms with Crippen molar-refractivity contribution in [3.63, 3.8) is 0 Å². The maximum absolute atomic E-state index is 10.9. The smallest absolute Gasteiger partial charge is 0.124 e. The summed E-state index contributed by atoms with van der Waals surface area (Å²) in [5.74, 6) is 0. The Morgan fingerprint density at radius 1 is 1.14 bits per heavy atom. The lowest BCUT2D eigenvalue weighted by atomic mass is 10.00. The molecule has 2 aliphatic heterocycles. The first-order valence-corrected chi connectivity index (χ1v) is 8.66. The second-order valence-electron chi connectivity index (χ2n) is 7.14. The van der Waals surface area contributed by atoms with Crippen molar-refractivity contribution in [1.82, 2.24) is 24.8 Å². The Bertz CT molecular complexity index is 483. The first-order chi connectivity index (χ1) is 10.6. The molecule has 2 saturated heterocycles. The normalized spacial score (nSPS) is 27.8. The van der Waals surface area contributed by atoms with E-state index in [0.717, 1.165) is 31.7 Å². The van der Waals surface area contributed by atoms with Crippen molar-refractivity contribution >= 4 is 0 Å². The molecule has 1 unspecified atom stereocenters. The summed E-state index contributed by atoms with van der Waals surface area (Å²) in [6, 6.07) is 0.279. The lowest BCUT2D eigenvalue weighted by Crippen LogP contribution is -2.38. The number of aliphatic hydroxyl groups is 1. The molecular formula is C16H29N5O. The largest absolute Gasteiger partial charge is 0.382 e. The molecule has 0 saturated carbocycles. The quantitative estimate of drug-likeness (QED) is 0.887. The molecule has 2 aliphatic rings. The molecule has 3 rings (SSSR count). The molecule has 22 heavy (non-hydrogen) atoms. The number of hydrogen-bond acceptors (Lipinski definition) is 5. The van der Waals surface area contributed by atoms with Crippen molar-refractivity contribution in [2.24, 2.45) is 0 Å². The number of nitrogens with zero attached hydrogens (tertiary/aromatic N) is 5. The van der Waals surface area contributed by atoms with Gasteiger partial charge in [0.1, 0.15) is 11.3 Å². The van der Waals surface area contributed by atoms with Gasteiger partial charge in [-0.1, -0.05) is 11.6 Å². The van der Waals surface area contributed by atoms with Crippen LogP contribution in [-0.4, -0.2) is 69.2 Å². The van der Waals surface area contributed by atoms with Crippen LogP contribution in [0.5, 0.6) is 0 Å². The van der Waals surface area contributed by atoms with Crippen molar-refractivity contribution < 1.29 is 5.11 Å². The van der Waals surface area contributed by atoms with Crippen LogP contribution in [0.1, 0.15) is 51.3 Å². The average molecular weight is 307 g/mol. The van der Waals surface area contributed by atoms with Gasteiger partial charge in [0.25, 0.3) is 0 Å². The molecule has 0 amide bonds. The van der Waals surface area contributed by atoms with Crippen molar-refractivity contribution in [3.05, 3.63) is 11.9 Å². The molecule has 6 nitrogen and oxygen atoms in total. The van der Waals surface area contributed by atoms with Gasteiger partial charge in [0.15, 0.2) is 0 Å². The molecule has 1 N–H and O–H groups in total. The fraction of sp³-hybridized carbons (Fsp3) is 0.875. The summed E-state index contributed by atoms with van der Waals surface area (Å²) in [5.41, 5.74) is -0.101. The third-order valence-electron chi connectivity index (χ3n) is 5.02. The molecule has 2 fully saturated rings. The predicted octanol–water partition coefficient (Wildman–Crippen LogP) is 1.24. The zero-order chi connectivity index (χ0) is 15.6. The Morgan fingerprint density at radius 2 is 1.86 bits per heavy atom. The second kappa shape index (κ2) is 6.64. The monoisotopic (exact) mass is 307 g/mol. The second-order valence-corrected chi connectivity index (χ2v) is 7.14. The molecule has 0 radical (unpaired) electrons. The van der Waals surface area contributed by atoms with E-state index >= 15 is 0 Å². The van der Waals surface area contributed by atoms with Gasteiger partial charge in [-0.3, -0.25) is 4.90 Å². The fourth-order valence-corrected chi connectivity index (χ4v) is 3.48. The van der Waals surface area contributed by atoms with Gasteiger partial charge >= 0.3 is 0 Å². The minimum absolute atomic E-state index is 0.279. The van der Waals surface area contributed by atoms with Gasteiger partial charge in [-0.25, -0.2) is 4.68 Å². The lowest BCUT2D eigenvalue weighted by molar-refractivity contribution is 0.0403. The Kier molecular flexibility index (Phi) is 4.80. The van der Waals surface area contributed by atoms with Crippen LogP contribution in [-0.2, 0) is 5.60 Å². The van der Waals surface area contributed by atoms with E-state index < -0.39 is 5.60 Å². The summed E-state index contributed by atoms with van der Waals surface area (Å²) in [5, 5.41) is 19.2. The minimum atomic E-state index is -0.824. The van der Waals surface area contributed by atoms with Crippen LogP contribution >= 0.6 is 0 Å². The molecule has 1 atom stereocenters. The number of likely N-dealkylation sites (tertiary alicyclic amines) is 2. The van der Waals surface area contributed by atoms with Crippen LogP contribution in [0.3, 0.4) is 0 Å². The van der Waals surface area contributed by atoms with Gasteiger partial charge in [-0.2, -0.15) is 0 Å². The van der Waals surface area contributed by atoms with Gasteiger partial charge < -0.3 is 10.0 Å². The molecule has 1 aromatic rings. The van der Waals surface area contributed by atoms with Gasteiger partial charge in [0.05, 0.1) is 6.20 Å². The van der Waals surface area contributed by atoms with Gasteiger partial charge in [0.2, 0.25) is 0 Å². The number of β-amino-alcohol motifs (C(OH)–C–C–N with tert-alkyl or cyclic N) is 1. The Labute approximate surface area is 133 Å². The van der Waals surface area contributed by atoms with Crippen molar-refractivity contribution in [1.29, 1.82) is 0 Å². The zero-order valence-electron chi connectivity index (χ0n) is 13.9. The maximum atomic E-state index is 10.9. The van der Waals surface area contributed by atoms with Crippen molar-refractivity contribution in [2.45, 2.75) is 51.2 Å². The first-order valence-electron chi connectivity index (χ1n) is 8.66. The average Bonchev–Trinajstić information content (AvgIpc) is 3.14. The van der Waals surface area contributed by atoms with E-state index in [1.165, 1.54) is 32.4 Å². The van der Waals surface area contributed by atoms with Gasteiger partial charge in [-0.15, -0.1) is 5.10 Å². The number of hydrogen-bond donors (Lipinski definition) is 1. The Balaban J connectivity index is 1.53. The molecule has 124 valence electrons. The maximum Gasteiger partial charge on any atom is 0.124 e. The van der Waals surface area contributed by atoms with Crippen molar-refractivity contribution in [2.75, 3.05) is 39.3 Å². The van der Waals surface area contributed by atoms with E-state index in [0.29, 0.717) is 6.54 Å². The molecule has 0 aliphatic carbocycles. The zero-order valence-corrected chi connectivity index (χ0v) is 13.9. The van der Waals surface area contributed by atoms with Gasteiger partial charge in [0, 0.05) is 32.2 Å². The van der Waals surface area contributed by atoms with Crippen LogP contribution in [0.4, 0.5) is 0 Å². The highest BCUT2D eigenvalue weighted by atomic mass is 16.3. The number of aromatic nitrogens is 3. The fourth-order valence-electron chi connectivity index (χ4n) is 3.48. The van der Waals surface area contributed by atoms with E-state index in [9.17, 15) is 5.11 Å². The van der Waals surface area contributed by atoms with E-state index in [1.807, 2.05) is 10.9 Å². The summed E-state index contributed by atoms with van der Waals surface area (Å²) in [4.78, 5) is 4.92. The molecule has 1 aromatic heterocycles. The first kappa shape index (κ1) is 15.9. The predicted molar refractivity (Wildman–Crippen MR) is 85.7 cm³/mol. The van der Waals surface area contributed by atoms with Gasteiger partial charge in [-0.05, 0) is 46.2 Å². The minimum Gasteiger partial charge on any atom is -0.382 e. The highest BCUT2D eigenvalue weighted by molar-refractivity contribution is 5.11. The molecule has 0 spiro atoms. The van der Waals surface area contributed by atoms with Crippen LogP contribution in [0.2, 0.25) is 0 Å². The molecule has 0 bridgehead atoms. The molecule has 0 aromatic carbocycles. The molecule has 3 heterocycles. The highest BCUT2D eigenvalue weighted by Crippen LogP contribution is 2.30. The summed E-state index contributed by atoms with van der Waals surface area (Å²) < 4.78 is 1.82. The lowest BCUT2D eigenvalue weighted by Gasteiger charge is -2.28. The number of piperidine rings is 1. The van der Waals surface area contributed by atoms with E-state index in [2.05, 4.69) is 34.0 Å². The summed E-state index contributed by atoms with van der Waals surface area (Å²) in [6.45, 7) is 10.4. The molecular weight excluding hydrogens is 278 g/mol. The SMILES string of the molecule is CC(C)n1cc(C2(O)CCN(CCN3CCCCC3)C2)nn1.